The van der Waals surface area contributed by atoms with Gasteiger partial charge in [0.1, 0.15) is 0 Å². The zero-order valence-electron chi connectivity index (χ0n) is 7.17. The molecule has 1 atom stereocenters. The van der Waals surface area contributed by atoms with E-state index in [4.69, 9.17) is 11.6 Å². The van der Waals surface area contributed by atoms with E-state index < -0.39 is 17.7 Å². The zero-order chi connectivity index (χ0) is 9.72. The molecule has 0 radical (unpaired) electrons. The van der Waals surface area contributed by atoms with E-state index in [0.29, 0.717) is 0 Å². The number of carbonyl (C=O) groups excluding carboxylic acids is 2. The Kier molecular flexibility index (Phi) is 4.66. The Morgan fingerprint density at radius 1 is 1.17 bits per heavy atom. The lowest BCUT2D eigenvalue weighted by Crippen LogP contribution is -2.22. The fraction of sp³-hybridized carbons (Fsp3) is 0.714. The second kappa shape index (κ2) is 4.98. The Balaban J connectivity index is 3.76. The van der Waals surface area contributed by atoms with E-state index in [9.17, 15) is 9.59 Å². The number of rotatable bonds is 3. The van der Waals surface area contributed by atoms with E-state index in [1.54, 1.807) is 13.8 Å². The Morgan fingerprint density at radius 2 is 1.67 bits per heavy atom. The summed E-state index contributed by atoms with van der Waals surface area (Å²) >= 11 is 4.88. The number of carbonyl (C=O) groups is 2. The molecule has 0 aliphatic rings. The van der Waals surface area contributed by atoms with Crippen LogP contribution in [0.4, 0.5) is 4.79 Å². The maximum Gasteiger partial charge on any atom is 0.406 e. The second-order valence-electron chi connectivity index (χ2n) is 2.51. The molecule has 0 amide bonds. The summed E-state index contributed by atoms with van der Waals surface area (Å²) in [4.78, 5) is 21.0. The molecule has 0 N–H and O–H groups in total. The topological polar surface area (TPSA) is 52.6 Å². The third-order valence-electron chi connectivity index (χ3n) is 1.01. The number of hydrogen-bond donors (Lipinski definition) is 0. The van der Waals surface area contributed by atoms with Crippen molar-refractivity contribution in [2.75, 3.05) is 0 Å². The predicted octanol–water partition coefficient (Wildman–Crippen LogP) is 1.91. The molecule has 0 aromatic rings. The van der Waals surface area contributed by atoms with Gasteiger partial charge >= 0.3 is 11.4 Å². The van der Waals surface area contributed by atoms with Crippen LogP contribution >= 0.6 is 11.6 Å². The molecule has 0 aromatic heterocycles. The van der Waals surface area contributed by atoms with Gasteiger partial charge in [-0.3, -0.25) is 4.79 Å². The summed E-state index contributed by atoms with van der Waals surface area (Å²) in [6.07, 6.45) is -0.926. The molecule has 4 nitrogen and oxygen atoms in total. The van der Waals surface area contributed by atoms with Crippen LogP contribution < -0.4 is 0 Å². The van der Waals surface area contributed by atoms with Gasteiger partial charge < -0.3 is 9.47 Å². The quantitative estimate of drug-likeness (QED) is 0.391. The van der Waals surface area contributed by atoms with Crippen molar-refractivity contribution in [1.29, 1.82) is 0 Å². The summed E-state index contributed by atoms with van der Waals surface area (Å²) < 4.78 is 9.01. The zero-order valence-corrected chi connectivity index (χ0v) is 7.92. The molecule has 0 aromatic carbocycles. The largest absolute Gasteiger partial charge is 0.425 e. The van der Waals surface area contributed by atoms with Gasteiger partial charge in [0.15, 0.2) is 0 Å². The van der Waals surface area contributed by atoms with Crippen LogP contribution in [-0.2, 0) is 14.3 Å². The Labute approximate surface area is 75.8 Å². The molecular weight excluding hydrogens is 184 g/mol. The van der Waals surface area contributed by atoms with E-state index in [1.807, 2.05) is 0 Å². The van der Waals surface area contributed by atoms with Gasteiger partial charge in [-0.1, -0.05) is 13.8 Å². The molecule has 0 rings (SSSR count). The highest BCUT2D eigenvalue weighted by Gasteiger charge is 2.14. The maximum atomic E-state index is 10.9. The maximum absolute atomic E-state index is 10.9. The summed E-state index contributed by atoms with van der Waals surface area (Å²) in [7, 11) is 0. The van der Waals surface area contributed by atoms with Crippen LogP contribution in [0.15, 0.2) is 0 Å². The van der Waals surface area contributed by atoms with Gasteiger partial charge in [0.05, 0.1) is 5.92 Å². The first-order valence-electron chi connectivity index (χ1n) is 3.50. The molecular formula is C7H11ClO4. The fourth-order valence-corrected chi connectivity index (χ4v) is 0.580. The fourth-order valence-electron chi connectivity index (χ4n) is 0.454. The first-order chi connectivity index (χ1) is 5.43. The third-order valence-corrected chi connectivity index (χ3v) is 1.10. The minimum atomic E-state index is -0.987. The van der Waals surface area contributed by atoms with Gasteiger partial charge in [-0.2, -0.15) is 0 Å². The molecule has 0 aliphatic carbocycles. The molecule has 0 bridgehead atoms. The first-order valence-corrected chi connectivity index (χ1v) is 3.88. The molecule has 0 heterocycles. The number of ether oxygens (including phenoxy) is 2. The number of esters is 1. The monoisotopic (exact) mass is 194 g/mol. The van der Waals surface area contributed by atoms with Crippen molar-refractivity contribution in [3.05, 3.63) is 0 Å². The van der Waals surface area contributed by atoms with Crippen LogP contribution in [0.1, 0.15) is 20.8 Å². The lowest BCUT2D eigenvalue weighted by atomic mass is 10.2. The summed E-state index contributed by atoms with van der Waals surface area (Å²) in [5, 5.41) is 0. The van der Waals surface area contributed by atoms with E-state index >= 15 is 0 Å². The Morgan fingerprint density at radius 3 is 2.00 bits per heavy atom. The van der Waals surface area contributed by atoms with Crippen LogP contribution in [0.25, 0.3) is 0 Å². The molecule has 0 fully saturated rings. The summed E-state index contributed by atoms with van der Waals surface area (Å²) in [6.45, 7) is 4.77. The third kappa shape index (κ3) is 4.96. The summed E-state index contributed by atoms with van der Waals surface area (Å²) in [5.41, 5.74) is -0.987. The minimum absolute atomic E-state index is 0.249. The molecule has 0 saturated carbocycles. The molecule has 0 spiro atoms. The molecule has 0 saturated heterocycles. The Bertz CT molecular complexity index is 178. The van der Waals surface area contributed by atoms with E-state index in [0.717, 1.165) is 0 Å². The van der Waals surface area contributed by atoms with Crippen LogP contribution in [0, 0.1) is 5.92 Å². The van der Waals surface area contributed by atoms with E-state index in [-0.39, 0.29) is 5.92 Å². The van der Waals surface area contributed by atoms with E-state index in [1.165, 1.54) is 6.92 Å². The second-order valence-corrected chi connectivity index (χ2v) is 2.82. The van der Waals surface area contributed by atoms with Crippen molar-refractivity contribution in [3.8, 4) is 0 Å². The Hall–Kier alpha value is -0.770. The van der Waals surface area contributed by atoms with Crippen molar-refractivity contribution in [1.82, 2.24) is 0 Å². The van der Waals surface area contributed by atoms with Crippen molar-refractivity contribution < 1.29 is 19.1 Å². The van der Waals surface area contributed by atoms with Gasteiger partial charge in [0, 0.05) is 18.5 Å². The minimum Gasteiger partial charge on any atom is -0.425 e. The van der Waals surface area contributed by atoms with Gasteiger partial charge in [-0.05, 0) is 0 Å². The average Bonchev–Trinajstić information content (AvgIpc) is 1.84. The van der Waals surface area contributed by atoms with Crippen LogP contribution in [0.5, 0.6) is 0 Å². The SMILES string of the molecule is CC(OC(=O)Cl)OC(=O)C(C)C. The van der Waals surface area contributed by atoms with Crippen molar-refractivity contribution in [2.24, 2.45) is 5.92 Å². The van der Waals surface area contributed by atoms with Crippen molar-refractivity contribution in [2.45, 2.75) is 27.1 Å². The van der Waals surface area contributed by atoms with E-state index in [2.05, 4.69) is 9.47 Å². The highest BCUT2D eigenvalue weighted by Crippen LogP contribution is 2.03. The normalized spacial score (nSPS) is 12.4. The molecule has 12 heavy (non-hydrogen) atoms. The lowest BCUT2D eigenvalue weighted by Gasteiger charge is -2.13. The number of halogens is 1. The molecule has 70 valence electrons. The molecule has 1 unspecified atom stereocenters. The van der Waals surface area contributed by atoms with Gasteiger partial charge in [0.25, 0.3) is 0 Å². The summed E-state index contributed by atoms with van der Waals surface area (Å²) in [5.74, 6) is -0.679. The number of hydrogen-bond acceptors (Lipinski definition) is 4. The smallest absolute Gasteiger partial charge is 0.406 e. The van der Waals surface area contributed by atoms with Crippen LogP contribution in [0.3, 0.4) is 0 Å². The van der Waals surface area contributed by atoms with Crippen molar-refractivity contribution >= 4 is 23.0 Å². The van der Waals surface area contributed by atoms with Crippen LogP contribution in [0.2, 0.25) is 0 Å². The first kappa shape index (κ1) is 11.2. The van der Waals surface area contributed by atoms with Gasteiger partial charge in [-0.25, -0.2) is 4.79 Å². The predicted molar refractivity (Wildman–Crippen MR) is 42.7 cm³/mol. The molecule has 5 heteroatoms. The van der Waals surface area contributed by atoms with Crippen LogP contribution in [-0.4, -0.2) is 17.7 Å². The highest BCUT2D eigenvalue weighted by atomic mass is 35.5. The highest BCUT2D eigenvalue weighted by molar-refractivity contribution is 6.61. The summed E-state index contributed by atoms with van der Waals surface area (Å²) in [6, 6.07) is 0. The molecule has 0 aliphatic heterocycles. The standard InChI is InChI=1S/C7H11ClO4/c1-4(2)6(9)11-5(3)12-7(8)10/h4-5H,1-3H3. The van der Waals surface area contributed by atoms with Crippen molar-refractivity contribution in [3.63, 3.8) is 0 Å². The average molecular weight is 195 g/mol. The van der Waals surface area contributed by atoms with Gasteiger partial charge in [-0.15, -0.1) is 0 Å². The lowest BCUT2D eigenvalue weighted by molar-refractivity contribution is -0.167. The van der Waals surface area contributed by atoms with Gasteiger partial charge in [0.2, 0.25) is 6.29 Å².